The van der Waals surface area contributed by atoms with E-state index in [9.17, 15) is 8.42 Å². The van der Waals surface area contributed by atoms with Gasteiger partial charge in [0.25, 0.3) is 10.1 Å². The third-order valence-electron chi connectivity index (χ3n) is 2.25. The largest absolute Gasteiger partial charge is 0.265 e. The van der Waals surface area contributed by atoms with Gasteiger partial charge in [0.2, 0.25) is 0 Å². The van der Waals surface area contributed by atoms with Crippen LogP contribution in [-0.4, -0.2) is 20.8 Å². The summed E-state index contributed by atoms with van der Waals surface area (Å²) in [6, 6.07) is 9.66. The number of unbranched alkanes of at least 4 members (excludes halogenated alkanes) is 1. The standard InChI is InChI=1S/C15H16O3S/c1-3-15(18-19(2,16)17)13-9-5-8-12-14-10-6-4-7-11-14/h1,4,6-7,10-11,15H,5,9,13H2,2H3. The highest BCUT2D eigenvalue weighted by Gasteiger charge is 2.11. The minimum Gasteiger partial charge on any atom is -0.254 e. The zero-order valence-electron chi connectivity index (χ0n) is 10.8. The molecule has 1 aromatic carbocycles. The average Bonchev–Trinajstić information content (AvgIpc) is 2.37. The molecule has 0 radical (unpaired) electrons. The quantitative estimate of drug-likeness (QED) is 0.470. The van der Waals surface area contributed by atoms with E-state index in [0.717, 1.165) is 11.8 Å². The second-order valence-corrected chi connectivity index (χ2v) is 5.62. The van der Waals surface area contributed by atoms with Gasteiger partial charge in [-0.1, -0.05) is 36.0 Å². The van der Waals surface area contributed by atoms with Gasteiger partial charge in [-0.3, -0.25) is 4.18 Å². The number of rotatable bonds is 5. The molecule has 0 saturated heterocycles. The number of hydrogen-bond acceptors (Lipinski definition) is 3. The fourth-order valence-electron chi connectivity index (χ4n) is 1.43. The first-order chi connectivity index (χ1) is 9.01. The van der Waals surface area contributed by atoms with Crippen LogP contribution >= 0.6 is 0 Å². The lowest BCUT2D eigenvalue weighted by Crippen LogP contribution is -2.15. The summed E-state index contributed by atoms with van der Waals surface area (Å²) in [6.45, 7) is 0. The molecule has 0 spiro atoms. The Morgan fingerprint density at radius 1 is 1.32 bits per heavy atom. The zero-order chi connectivity index (χ0) is 14.1. The smallest absolute Gasteiger partial charge is 0.254 e. The predicted octanol–water partition coefficient (Wildman–Crippen LogP) is 2.19. The van der Waals surface area contributed by atoms with Crippen LogP contribution in [0.4, 0.5) is 0 Å². The van der Waals surface area contributed by atoms with Crippen molar-refractivity contribution in [1.82, 2.24) is 0 Å². The molecule has 0 amide bonds. The van der Waals surface area contributed by atoms with Crippen molar-refractivity contribution in [3.8, 4) is 24.2 Å². The van der Waals surface area contributed by atoms with Gasteiger partial charge >= 0.3 is 0 Å². The molecule has 4 heteroatoms. The third-order valence-corrected chi connectivity index (χ3v) is 2.83. The Morgan fingerprint density at radius 2 is 2.00 bits per heavy atom. The molecule has 0 aliphatic rings. The average molecular weight is 276 g/mol. The summed E-state index contributed by atoms with van der Waals surface area (Å²) in [7, 11) is -3.50. The van der Waals surface area contributed by atoms with Gasteiger partial charge < -0.3 is 0 Å². The van der Waals surface area contributed by atoms with Crippen LogP contribution in [0.25, 0.3) is 0 Å². The first-order valence-corrected chi connectivity index (χ1v) is 7.71. The van der Waals surface area contributed by atoms with Crippen LogP contribution in [0.2, 0.25) is 0 Å². The molecule has 0 aliphatic carbocycles. The van der Waals surface area contributed by atoms with Gasteiger partial charge in [0, 0.05) is 12.0 Å². The van der Waals surface area contributed by atoms with Gasteiger partial charge in [-0.2, -0.15) is 8.42 Å². The molecule has 0 heterocycles. The Balaban J connectivity index is 2.35. The van der Waals surface area contributed by atoms with Crippen LogP contribution in [0, 0.1) is 24.2 Å². The third kappa shape index (κ3) is 7.31. The van der Waals surface area contributed by atoms with Gasteiger partial charge in [-0.15, -0.1) is 6.42 Å². The van der Waals surface area contributed by atoms with Crippen molar-refractivity contribution in [3.63, 3.8) is 0 Å². The minimum atomic E-state index is -3.50. The molecule has 1 rings (SSSR count). The normalized spacial score (nSPS) is 12.0. The van der Waals surface area contributed by atoms with Crippen molar-refractivity contribution in [1.29, 1.82) is 0 Å². The van der Waals surface area contributed by atoms with E-state index in [1.165, 1.54) is 0 Å². The first-order valence-electron chi connectivity index (χ1n) is 5.89. The maximum atomic E-state index is 10.9. The fourth-order valence-corrected chi connectivity index (χ4v) is 2.01. The Hall–Kier alpha value is -1.75. The van der Waals surface area contributed by atoms with Crippen molar-refractivity contribution < 1.29 is 12.6 Å². The molecular weight excluding hydrogens is 260 g/mol. The van der Waals surface area contributed by atoms with E-state index in [-0.39, 0.29) is 0 Å². The molecule has 1 aromatic rings. The molecule has 0 saturated carbocycles. The molecule has 100 valence electrons. The molecule has 0 N–H and O–H groups in total. The molecule has 3 nitrogen and oxygen atoms in total. The molecule has 0 aliphatic heterocycles. The summed E-state index contributed by atoms with van der Waals surface area (Å²) in [6.07, 6.45) is 7.33. The summed E-state index contributed by atoms with van der Waals surface area (Å²) in [5.74, 6) is 8.36. The summed E-state index contributed by atoms with van der Waals surface area (Å²) >= 11 is 0. The van der Waals surface area contributed by atoms with Crippen molar-refractivity contribution in [2.45, 2.75) is 25.4 Å². The molecule has 0 fully saturated rings. The Bertz CT molecular complexity index is 586. The molecule has 19 heavy (non-hydrogen) atoms. The van der Waals surface area contributed by atoms with Crippen molar-refractivity contribution in [2.75, 3.05) is 6.26 Å². The highest BCUT2D eigenvalue weighted by atomic mass is 32.2. The lowest BCUT2D eigenvalue weighted by molar-refractivity contribution is 0.254. The molecule has 1 unspecified atom stereocenters. The Labute approximate surface area is 115 Å². The second kappa shape index (κ2) is 7.63. The Morgan fingerprint density at radius 3 is 2.58 bits per heavy atom. The van der Waals surface area contributed by atoms with Crippen LogP contribution in [0.1, 0.15) is 24.8 Å². The SMILES string of the molecule is C#CC(CCCC#Cc1ccccc1)OS(C)(=O)=O. The minimum absolute atomic E-state index is 0.479. The van der Waals surface area contributed by atoms with Crippen LogP contribution < -0.4 is 0 Å². The van der Waals surface area contributed by atoms with Crippen LogP contribution in [0.3, 0.4) is 0 Å². The number of terminal acetylenes is 1. The van der Waals surface area contributed by atoms with E-state index in [1.807, 2.05) is 30.3 Å². The van der Waals surface area contributed by atoms with E-state index < -0.39 is 16.2 Å². The van der Waals surface area contributed by atoms with E-state index in [2.05, 4.69) is 17.8 Å². The van der Waals surface area contributed by atoms with Crippen LogP contribution in [0.5, 0.6) is 0 Å². The van der Waals surface area contributed by atoms with E-state index in [4.69, 9.17) is 10.6 Å². The van der Waals surface area contributed by atoms with Crippen molar-refractivity contribution in [3.05, 3.63) is 35.9 Å². The lowest BCUT2D eigenvalue weighted by atomic mass is 10.1. The van der Waals surface area contributed by atoms with E-state index >= 15 is 0 Å². The topological polar surface area (TPSA) is 43.4 Å². The lowest BCUT2D eigenvalue weighted by Gasteiger charge is -2.08. The maximum Gasteiger partial charge on any atom is 0.265 e. The second-order valence-electron chi connectivity index (χ2n) is 4.02. The van der Waals surface area contributed by atoms with E-state index in [1.54, 1.807) is 0 Å². The van der Waals surface area contributed by atoms with Crippen molar-refractivity contribution >= 4 is 10.1 Å². The van der Waals surface area contributed by atoms with Gasteiger partial charge in [0.15, 0.2) is 0 Å². The summed E-state index contributed by atoms with van der Waals surface area (Å²) < 4.78 is 26.6. The molecular formula is C15H16O3S. The number of hydrogen-bond donors (Lipinski definition) is 0. The number of benzene rings is 1. The first kappa shape index (κ1) is 15.3. The fraction of sp³-hybridized carbons (Fsp3) is 0.333. The highest BCUT2D eigenvalue weighted by molar-refractivity contribution is 7.86. The van der Waals surface area contributed by atoms with E-state index in [0.29, 0.717) is 19.3 Å². The summed E-state index contributed by atoms with van der Waals surface area (Å²) in [5, 5.41) is 0. The van der Waals surface area contributed by atoms with Crippen LogP contribution in [-0.2, 0) is 14.3 Å². The molecule has 0 aromatic heterocycles. The maximum absolute atomic E-state index is 10.9. The molecule has 1 atom stereocenters. The zero-order valence-corrected chi connectivity index (χ0v) is 11.6. The predicted molar refractivity (Wildman–Crippen MR) is 75.7 cm³/mol. The molecule has 0 bridgehead atoms. The monoisotopic (exact) mass is 276 g/mol. The Kier molecular flexibility index (Phi) is 6.15. The summed E-state index contributed by atoms with van der Waals surface area (Å²) in [4.78, 5) is 0. The van der Waals surface area contributed by atoms with Gasteiger partial charge in [0.05, 0.1) is 6.26 Å². The van der Waals surface area contributed by atoms with Gasteiger partial charge in [-0.05, 0) is 25.0 Å². The highest BCUT2D eigenvalue weighted by Crippen LogP contribution is 2.06. The van der Waals surface area contributed by atoms with Crippen molar-refractivity contribution in [2.24, 2.45) is 0 Å². The summed E-state index contributed by atoms with van der Waals surface area (Å²) in [5.41, 5.74) is 0.961. The van der Waals surface area contributed by atoms with Crippen LogP contribution in [0.15, 0.2) is 30.3 Å². The van der Waals surface area contributed by atoms with Gasteiger partial charge in [0.1, 0.15) is 6.10 Å². The van der Waals surface area contributed by atoms with Gasteiger partial charge in [-0.25, -0.2) is 0 Å².